The second kappa shape index (κ2) is 5.10. The zero-order valence-electron chi connectivity index (χ0n) is 12.4. The van der Waals surface area contributed by atoms with Crippen LogP contribution >= 0.6 is 0 Å². The van der Waals surface area contributed by atoms with Crippen molar-refractivity contribution in [2.45, 2.75) is 25.0 Å². The van der Waals surface area contributed by atoms with Gasteiger partial charge in [-0.1, -0.05) is 12.1 Å². The monoisotopic (exact) mass is 299 g/mol. The minimum atomic E-state index is -0.962. The number of methoxy groups -OCH3 is 1. The molecule has 5 heteroatoms. The number of carboxylic acid groups (broad SMARTS) is 1. The van der Waals surface area contributed by atoms with Crippen molar-refractivity contribution >= 4 is 22.6 Å². The smallest absolute Gasteiger partial charge is 0.335 e. The number of carbonyl (C=O) groups is 2. The number of carbonyl (C=O) groups excluding carboxylic acids is 1. The quantitative estimate of drug-likeness (QED) is 0.909. The number of nitrogens with one attached hydrogen (secondary N) is 1. The molecule has 2 aromatic carbocycles. The van der Waals surface area contributed by atoms with E-state index in [0.717, 1.165) is 17.2 Å². The van der Waals surface area contributed by atoms with Gasteiger partial charge in [-0.2, -0.15) is 0 Å². The molecule has 3 rings (SSSR count). The van der Waals surface area contributed by atoms with Crippen LogP contribution < -0.4 is 5.32 Å². The van der Waals surface area contributed by atoms with E-state index in [9.17, 15) is 9.59 Å². The molecule has 0 radical (unpaired) electrons. The molecule has 0 bridgehead atoms. The zero-order chi connectivity index (χ0) is 15.9. The summed E-state index contributed by atoms with van der Waals surface area (Å²) in [7, 11) is 1.64. The van der Waals surface area contributed by atoms with Gasteiger partial charge in [0.05, 0.1) is 17.2 Å². The van der Waals surface area contributed by atoms with Gasteiger partial charge in [-0.3, -0.25) is 4.79 Å². The Hall–Kier alpha value is -2.40. The molecule has 1 fully saturated rings. The van der Waals surface area contributed by atoms with Crippen molar-refractivity contribution in [2.75, 3.05) is 7.11 Å². The highest BCUT2D eigenvalue weighted by Gasteiger charge is 2.51. The molecule has 2 aromatic rings. The van der Waals surface area contributed by atoms with E-state index < -0.39 is 5.97 Å². The van der Waals surface area contributed by atoms with Gasteiger partial charge in [0.1, 0.15) is 0 Å². The Kier molecular flexibility index (Phi) is 3.37. The van der Waals surface area contributed by atoms with Crippen LogP contribution in [0.15, 0.2) is 36.4 Å². The molecule has 1 aliphatic carbocycles. The van der Waals surface area contributed by atoms with E-state index in [1.807, 2.05) is 6.92 Å². The van der Waals surface area contributed by atoms with Crippen LogP contribution in [0.4, 0.5) is 0 Å². The van der Waals surface area contributed by atoms with E-state index in [-0.39, 0.29) is 23.1 Å². The van der Waals surface area contributed by atoms with Crippen LogP contribution in [0.2, 0.25) is 0 Å². The fourth-order valence-electron chi connectivity index (χ4n) is 2.54. The van der Waals surface area contributed by atoms with Crippen molar-refractivity contribution in [1.29, 1.82) is 0 Å². The summed E-state index contributed by atoms with van der Waals surface area (Å²) in [5.74, 6) is -1.11. The predicted molar refractivity (Wildman–Crippen MR) is 82.2 cm³/mol. The van der Waals surface area contributed by atoms with E-state index in [0.29, 0.717) is 5.56 Å². The summed E-state index contributed by atoms with van der Waals surface area (Å²) in [5.41, 5.74) is 0.530. The molecular formula is C17H17NO4. The van der Waals surface area contributed by atoms with Gasteiger partial charge in [-0.25, -0.2) is 4.79 Å². The van der Waals surface area contributed by atoms with Gasteiger partial charge < -0.3 is 15.2 Å². The Labute approximate surface area is 127 Å². The van der Waals surface area contributed by atoms with Crippen molar-refractivity contribution in [3.63, 3.8) is 0 Å². The van der Waals surface area contributed by atoms with E-state index in [1.54, 1.807) is 37.4 Å². The Morgan fingerprint density at radius 2 is 1.77 bits per heavy atom. The Morgan fingerprint density at radius 3 is 2.32 bits per heavy atom. The summed E-state index contributed by atoms with van der Waals surface area (Å²) in [6.07, 6.45) is 0.810. The summed E-state index contributed by atoms with van der Waals surface area (Å²) in [5, 5.41) is 13.6. The average molecular weight is 299 g/mol. The molecule has 1 aliphatic rings. The van der Waals surface area contributed by atoms with Gasteiger partial charge >= 0.3 is 5.97 Å². The van der Waals surface area contributed by atoms with Crippen molar-refractivity contribution in [2.24, 2.45) is 0 Å². The van der Waals surface area contributed by atoms with Crippen LogP contribution in [0.25, 0.3) is 10.8 Å². The molecule has 2 N–H and O–H groups in total. The van der Waals surface area contributed by atoms with Crippen LogP contribution in [0.5, 0.6) is 0 Å². The van der Waals surface area contributed by atoms with E-state index >= 15 is 0 Å². The summed E-state index contributed by atoms with van der Waals surface area (Å²) in [4.78, 5) is 23.2. The number of aromatic carboxylic acids is 1. The Balaban J connectivity index is 1.81. The molecule has 5 nitrogen and oxygen atoms in total. The van der Waals surface area contributed by atoms with Crippen LogP contribution in [-0.4, -0.2) is 35.7 Å². The van der Waals surface area contributed by atoms with Crippen LogP contribution in [-0.2, 0) is 4.74 Å². The summed E-state index contributed by atoms with van der Waals surface area (Å²) < 4.78 is 5.33. The van der Waals surface area contributed by atoms with E-state index in [4.69, 9.17) is 9.84 Å². The first-order valence-corrected chi connectivity index (χ1v) is 7.06. The lowest BCUT2D eigenvalue weighted by Gasteiger charge is -2.10. The van der Waals surface area contributed by atoms with Gasteiger partial charge in [-0.15, -0.1) is 0 Å². The van der Waals surface area contributed by atoms with Crippen LogP contribution in [0.3, 0.4) is 0 Å². The highest BCUT2D eigenvalue weighted by molar-refractivity contribution is 6.00. The maximum absolute atomic E-state index is 12.3. The van der Waals surface area contributed by atoms with Gasteiger partial charge in [0.2, 0.25) is 0 Å². The number of hydrogen-bond donors (Lipinski definition) is 2. The highest BCUT2D eigenvalue weighted by atomic mass is 16.5. The minimum Gasteiger partial charge on any atom is -0.478 e. The van der Waals surface area contributed by atoms with Crippen LogP contribution in [0.1, 0.15) is 34.1 Å². The van der Waals surface area contributed by atoms with Crippen LogP contribution in [0, 0.1) is 0 Å². The number of carboxylic acids is 1. The van der Waals surface area contributed by atoms with Crippen molar-refractivity contribution in [3.05, 3.63) is 47.5 Å². The number of ether oxygens (including phenoxy) is 1. The number of hydrogen-bond acceptors (Lipinski definition) is 3. The van der Waals surface area contributed by atoms with Gasteiger partial charge in [-0.05, 0) is 42.0 Å². The maximum atomic E-state index is 12.3. The molecule has 0 aromatic heterocycles. The molecule has 1 saturated carbocycles. The largest absolute Gasteiger partial charge is 0.478 e. The van der Waals surface area contributed by atoms with Crippen molar-refractivity contribution < 1.29 is 19.4 Å². The zero-order valence-corrected chi connectivity index (χ0v) is 12.4. The van der Waals surface area contributed by atoms with Gasteiger partial charge in [0, 0.05) is 19.1 Å². The number of fused-ring (bicyclic) bond motifs is 1. The SMILES string of the molecule is CO[C@@]1(C)C[C@H]1NC(=O)c1ccc2cc(C(=O)O)ccc2c1. The van der Waals surface area contributed by atoms with Crippen molar-refractivity contribution in [1.82, 2.24) is 5.32 Å². The third kappa shape index (κ3) is 2.55. The fourth-order valence-corrected chi connectivity index (χ4v) is 2.54. The molecule has 0 spiro atoms. The first-order chi connectivity index (χ1) is 10.4. The number of amides is 1. The van der Waals surface area contributed by atoms with E-state index in [2.05, 4.69) is 5.32 Å². The molecule has 0 aliphatic heterocycles. The lowest BCUT2D eigenvalue weighted by atomic mass is 10.0. The third-order valence-electron chi connectivity index (χ3n) is 4.31. The minimum absolute atomic E-state index is 0.0371. The Morgan fingerprint density at radius 1 is 1.18 bits per heavy atom. The normalized spacial score (nSPS) is 23.3. The average Bonchev–Trinajstić information content (AvgIpc) is 3.16. The second-order valence-electron chi connectivity index (χ2n) is 5.83. The molecule has 2 atom stereocenters. The second-order valence-corrected chi connectivity index (χ2v) is 5.83. The molecule has 0 heterocycles. The predicted octanol–water partition coefficient (Wildman–Crippen LogP) is 2.45. The molecule has 22 heavy (non-hydrogen) atoms. The van der Waals surface area contributed by atoms with Gasteiger partial charge in [0.15, 0.2) is 0 Å². The standard InChI is InChI=1S/C17H17NO4/c1-17(22-2)9-14(17)18-15(19)12-5-3-11-8-13(16(20)21)6-4-10(11)7-12/h3-8,14H,9H2,1-2H3,(H,18,19)(H,20,21)/t14-,17+/m1/s1. The maximum Gasteiger partial charge on any atom is 0.335 e. The van der Waals surface area contributed by atoms with Crippen molar-refractivity contribution in [3.8, 4) is 0 Å². The first kappa shape index (κ1) is 14.5. The Bertz CT molecular complexity index is 770. The molecular weight excluding hydrogens is 282 g/mol. The molecule has 114 valence electrons. The summed E-state index contributed by atoms with van der Waals surface area (Å²) >= 11 is 0. The number of rotatable bonds is 4. The molecule has 0 unspecified atom stereocenters. The van der Waals surface area contributed by atoms with E-state index in [1.165, 1.54) is 6.07 Å². The lowest BCUT2D eigenvalue weighted by Crippen LogP contribution is -2.31. The highest BCUT2D eigenvalue weighted by Crippen LogP contribution is 2.38. The lowest BCUT2D eigenvalue weighted by molar-refractivity contribution is 0.0696. The van der Waals surface area contributed by atoms with Gasteiger partial charge in [0.25, 0.3) is 5.91 Å². The molecule has 1 amide bonds. The number of benzene rings is 2. The molecule has 0 saturated heterocycles. The fraction of sp³-hybridized carbons (Fsp3) is 0.294. The first-order valence-electron chi connectivity index (χ1n) is 7.06. The third-order valence-corrected chi connectivity index (χ3v) is 4.31. The summed E-state index contributed by atoms with van der Waals surface area (Å²) in [6, 6.07) is 10.1. The topological polar surface area (TPSA) is 75.6 Å². The summed E-state index contributed by atoms with van der Waals surface area (Å²) in [6.45, 7) is 1.96.